The van der Waals surface area contributed by atoms with Crippen molar-refractivity contribution < 1.29 is 14.7 Å². The molecule has 0 spiro atoms. The minimum Gasteiger partial charge on any atom is -0.481 e. The molecule has 1 N–H and O–H groups in total. The lowest BCUT2D eigenvalue weighted by molar-refractivity contribution is -0.138. The van der Waals surface area contributed by atoms with Gasteiger partial charge in [-0.2, -0.15) is 5.10 Å². The van der Waals surface area contributed by atoms with E-state index < -0.39 is 5.97 Å². The largest absolute Gasteiger partial charge is 0.481 e. The maximum Gasteiger partial charge on any atom is 0.303 e. The Balaban J connectivity index is 1.67. The lowest BCUT2D eigenvalue weighted by atomic mass is 9.93. The summed E-state index contributed by atoms with van der Waals surface area (Å²) in [6.07, 6.45) is 5.04. The van der Waals surface area contributed by atoms with E-state index in [1.165, 1.54) is 0 Å². The Morgan fingerprint density at radius 1 is 1.33 bits per heavy atom. The summed E-state index contributed by atoms with van der Waals surface area (Å²) >= 11 is 0. The quantitative estimate of drug-likeness (QED) is 0.912. The number of nitrogens with zero attached hydrogens (tertiary/aromatic N) is 4. The Labute approximate surface area is 121 Å². The molecule has 1 saturated heterocycles. The number of aliphatic carboxylic acids is 1. The second-order valence-electron chi connectivity index (χ2n) is 5.29. The first-order valence-corrected chi connectivity index (χ1v) is 6.95. The van der Waals surface area contributed by atoms with Crippen molar-refractivity contribution in [3.05, 3.63) is 30.2 Å². The molecule has 1 aliphatic rings. The van der Waals surface area contributed by atoms with Gasteiger partial charge in [0.2, 0.25) is 0 Å². The molecule has 1 aliphatic heterocycles. The van der Waals surface area contributed by atoms with Crippen molar-refractivity contribution in [2.75, 3.05) is 13.1 Å². The van der Waals surface area contributed by atoms with Gasteiger partial charge in [0.1, 0.15) is 0 Å². The fourth-order valence-corrected chi connectivity index (χ4v) is 2.68. The van der Waals surface area contributed by atoms with Crippen molar-refractivity contribution in [3.63, 3.8) is 0 Å². The SMILES string of the molecule is O=C(O)CC1CCN(C(=O)c2cc3ncccn3n2)CC1. The minimum absolute atomic E-state index is 0.116. The van der Waals surface area contributed by atoms with Gasteiger partial charge in [-0.3, -0.25) is 9.59 Å². The van der Waals surface area contributed by atoms with Crippen LogP contribution in [0.15, 0.2) is 24.5 Å². The summed E-state index contributed by atoms with van der Waals surface area (Å²) in [5.74, 6) is -0.727. The van der Waals surface area contributed by atoms with E-state index in [1.807, 2.05) is 0 Å². The predicted molar refractivity (Wildman–Crippen MR) is 73.9 cm³/mol. The molecule has 2 aromatic heterocycles. The zero-order valence-electron chi connectivity index (χ0n) is 11.5. The van der Waals surface area contributed by atoms with E-state index >= 15 is 0 Å². The Hall–Kier alpha value is -2.44. The van der Waals surface area contributed by atoms with Crippen molar-refractivity contribution in [1.29, 1.82) is 0 Å². The normalized spacial score (nSPS) is 16.3. The fraction of sp³-hybridized carbons (Fsp3) is 0.429. The number of piperidine rings is 1. The molecule has 2 aromatic rings. The van der Waals surface area contributed by atoms with Gasteiger partial charge in [-0.05, 0) is 24.8 Å². The Morgan fingerprint density at radius 3 is 2.76 bits per heavy atom. The topological polar surface area (TPSA) is 87.8 Å². The summed E-state index contributed by atoms with van der Waals surface area (Å²) in [5, 5.41) is 13.0. The van der Waals surface area contributed by atoms with Gasteiger partial charge in [0, 0.05) is 38.0 Å². The standard InChI is InChI=1S/C14H16N4O3/c19-13(20)8-10-2-6-17(7-3-10)14(21)11-9-12-15-4-1-5-18(12)16-11/h1,4-5,9-10H,2-3,6-8H2,(H,19,20). The molecular formula is C14H16N4O3. The lowest BCUT2D eigenvalue weighted by Crippen LogP contribution is -2.39. The molecular weight excluding hydrogens is 272 g/mol. The smallest absolute Gasteiger partial charge is 0.303 e. The lowest BCUT2D eigenvalue weighted by Gasteiger charge is -2.30. The molecule has 0 atom stereocenters. The molecule has 1 amide bonds. The van der Waals surface area contributed by atoms with Crippen LogP contribution in [0.1, 0.15) is 29.8 Å². The molecule has 1 fully saturated rings. The number of carboxylic acid groups (broad SMARTS) is 1. The van der Waals surface area contributed by atoms with Gasteiger partial charge in [-0.25, -0.2) is 9.50 Å². The first-order chi connectivity index (χ1) is 10.1. The summed E-state index contributed by atoms with van der Waals surface area (Å²) in [6, 6.07) is 3.43. The van der Waals surface area contributed by atoms with Crippen LogP contribution >= 0.6 is 0 Å². The highest BCUT2D eigenvalue weighted by molar-refractivity contribution is 5.93. The third-order valence-corrected chi connectivity index (χ3v) is 3.82. The number of fused-ring (bicyclic) bond motifs is 1. The summed E-state index contributed by atoms with van der Waals surface area (Å²) < 4.78 is 1.57. The van der Waals surface area contributed by atoms with Gasteiger partial charge >= 0.3 is 5.97 Å². The van der Waals surface area contributed by atoms with Crippen LogP contribution in [0.25, 0.3) is 5.65 Å². The second-order valence-corrected chi connectivity index (χ2v) is 5.29. The molecule has 0 saturated carbocycles. The molecule has 0 unspecified atom stereocenters. The number of hydrogen-bond donors (Lipinski definition) is 1. The number of hydrogen-bond acceptors (Lipinski definition) is 4. The minimum atomic E-state index is -0.772. The van der Waals surface area contributed by atoms with Crippen LogP contribution in [0.3, 0.4) is 0 Å². The fourth-order valence-electron chi connectivity index (χ4n) is 2.68. The van der Waals surface area contributed by atoms with Crippen molar-refractivity contribution in [2.45, 2.75) is 19.3 Å². The van der Waals surface area contributed by atoms with Crippen LogP contribution in [0.4, 0.5) is 0 Å². The molecule has 7 heteroatoms. The average Bonchev–Trinajstić information content (AvgIpc) is 2.90. The molecule has 0 aromatic carbocycles. The zero-order chi connectivity index (χ0) is 14.8. The van der Waals surface area contributed by atoms with Crippen molar-refractivity contribution >= 4 is 17.5 Å². The molecule has 21 heavy (non-hydrogen) atoms. The molecule has 7 nitrogen and oxygen atoms in total. The van der Waals surface area contributed by atoms with Gasteiger partial charge in [0.25, 0.3) is 5.91 Å². The molecule has 0 radical (unpaired) electrons. The zero-order valence-corrected chi connectivity index (χ0v) is 11.5. The predicted octanol–water partition coefficient (Wildman–Crippen LogP) is 1.06. The van der Waals surface area contributed by atoms with Crippen LogP contribution in [0, 0.1) is 5.92 Å². The highest BCUT2D eigenvalue weighted by atomic mass is 16.4. The number of aromatic nitrogens is 3. The average molecular weight is 288 g/mol. The summed E-state index contributed by atoms with van der Waals surface area (Å²) in [5.41, 5.74) is 1.02. The van der Waals surface area contributed by atoms with Gasteiger partial charge in [-0.1, -0.05) is 0 Å². The van der Waals surface area contributed by atoms with E-state index in [-0.39, 0.29) is 18.2 Å². The number of carboxylic acids is 1. The third-order valence-electron chi connectivity index (χ3n) is 3.82. The molecule has 3 heterocycles. The van der Waals surface area contributed by atoms with E-state index in [9.17, 15) is 9.59 Å². The Bertz CT molecular complexity index is 641. The molecule has 0 aliphatic carbocycles. The summed E-state index contributed by atoms with van der Waals surface area (Å²) in [7, 11) is 0. The van der Waals surface area contributed by atoms with Gasteiger partial charge in [0.05, 0.1) is 0 Å². The van der Waals surface area contributed by atoms with Crippen LogP contribution < -0.4 is 0 Å². The summed E-state index contributed by atoms with van der Waals surface area (Å²) in [4.78, 5) is 29.0. The maximum atomic E-state index is 12.4. The molecule has 0 bridgehead atoms. The van der Waals surface area contributed by atoms with Gasteiger partial charge in [-0.15, -0.1) is 0 Å². The first-order valence-electron chi connectivity index (χ1n) is 6.95. The van der Waals surface area contributed by atoms with Crippen molar-refractivity contribution in [3.8, 4) is 0 Å². The van der Waals surface area contributed by atoms with Crippen LogP contribution in [-0.4, -0.2) is 49.6 Å². The third kappa shape index (κ3) is 2.86. The Kier molecular flexibility index (Phi) is 3.55. The number of likely N-dealkylation sites (tertiary alicyclic amines) is 1. The molecule has 3 rings (SSSR count). The van der Waals surface area contributed by atoms with Crippen molar-refractivity contribution in [1.82, 2.24) is 19.5 Å². The summed E-state index contributed by atoms with van der Waals surface area (Å²) in [6.45, 7) is 1.16. The first kappa shape index (κ1) is 13.5. The highest BCUT2D eigenvalue weighted by Gasteiger charge is 2.26. The number of carbonyl (C=O) groups is 2. The highest BCUT2D eigenvalue weighted by Crippen LogP contribution is 2.21. The van der Waals surface area contributed by atoms with E-state index in [2.05, 4.69) is 10.1 Å². The second kappa shape index (κ2) is 5.51. The van der Waals surface area contributed by atoms with E-state index in [0.717, 1.165) is 12.8 Å². The van der Waals surface area contributed by atoms with Crippen LogP contribution in [0.5, 0.6) is 0 Å². The van der Waals surface area contributed by atoms with Crippen LogP contribution in [0.2, 0.25) is 0 Å². The molecule has 110 valence electrons. The van der Waals surface area contributed by atoms with E-state index in [1.54, 1.807) is 33.9 Å². The maximum absolute atomic E-state index is 12.4. The van der Waals surface area contributed by atoms with E-state index in [4.69, 9.17) is 5.11 Å². The van der Waals surface area contributed by atoms with Crippen LogP contribution in [-0.2, 0) is 4.79 Å². The number of amides is 1. The van der Waals surface area contributed by atoms with E-state index in [0.29, 0.717) is 24.4 Å². The van der Waals surface area contributed by atoms with Gasteiger partial charge < -0.3 is 10.0 Å². The van der Waals surface area contributed by atoms with Gasteiger partial charge in [0.15, 0.2) is 11.3 Å². The van der Waals surface area contributed by atoms with Crippen molar-refractivity contribution in [2.24, 2.45) is 5.92 Å². The monoisotopic (exact) mass is 288 g/mol. The Morgan fingerprint density at radius 2 is 2.10 bits per heavy atom. The number of rotatable bonds is 3. The number of carbonyl (C=O) groups excluding carboxylic acids is 1.